The Balaban J connectivity index is 2.17. The summed E-state index contributed by atoms with van der Waals surface area (Å²) < 4.78 is 26.0. The first-order chi connectivity index (χ1) is 10.2. The molecular weight excluding hydrogens is 278 g/mol. The fourth-order valence-electron chi connectivity index (χ4n) is 2.52. The molecule has 2 rings (SSSR count). The quantitative estimate of drug-likeness (QED) is 0.893. The molecule has 1 aliphatic heterocycles. The topological polar surface area (TPSA) is 58.2 Å². The van der Waals surface area contributed by atoms with Gasteiger partial charge in [0, 0.05) is 19.0 Å². The van der Waals surface area contributed by atoms with Crippen LogP contribution < -0.4 is 10.6 Å². The summed E-state index contributed by atoms with van der Waals surface area (Å²) in [6.07, 6.45) is 1.61. The highest BCUT2D eigenvalue weighted by Gasteiger charge is 2.22. The zero-order valence-electron chi connectivity index (χ0n) is 11.6. The van der Waals surface area contributed by atoms with E-state index < -0.39 is 19.3 Å². The molecule has 0 radical (unpaired) electrons. The van der Waals surface area contributed by atoms with E-state index in [-0.39, 0.29) is 35.1 Å². The second kappa shape index (κ2) is 7.15. The second-order valence-corrected chi connectivity index (χ2v) is 5.09. The highest BCUT2D eigenvalue weighted by Crippen LogP contribution is 2.18. The number of hydrogen-bond donors (Lipinski definition) is 2. The fraction of sp³-hybridized carbons (Fsp3) is 0.467. The predicted molar refractivity (Wildman–Crippen MR) is 74.2 cm³/mol. The summed E-state index contributed by atoms with van der Waals surface area (Å²) in [6.45, 7) is -1.08. The van der Waals surface area contributed by atoms with Crippen LogP contribution in [0.25, 0.3) is 0 Å². The summed E-state index contributed by atoms with van der Waals surface area (Å²) in [5, 5.41) is 5.44. The van der Waals surface area contributed by atoms with Crippen molar-refractivity contribution in [1.82, 2.24) is 10.6 Å². The number of alkyl halides is 2. The van der Waals surface area contributed by atoms with Crippen molar-refractivity contribution in [2.75, 3.05) is 6.54 Å². The van der Waals surface area contributed by atoms with Crippen LogP contribution in [0.15, 0.2) is 18.2 Å². The Hall–Kier alpha value is -1.98. The van der Waals surface area contributed by atoms with Crippen molar-refractivity contribution >= 4 is 11.8 Å². The molecule has 0 aliphatic carbocycles. The molecule has 1 atom stereocenters. The minimum absolute atomic E-state index is 0.0483. The molecule has 2 N–H and O–H groups in total. The third-order valence-corrected chi connectivity index (χ3v) is 3.57. The molecule has 0 saturated carbocycles. The van der Waals surface area contributed by atoms with E-state index in [2.05, 4.69) is 10.6 Å². The zero-order valence-corrected chi connectivity index (χ0v) is 11.6. The lowest BCUT2D eigenvalue weighted by Crippen LogP contribution is -2.37. The van der Waals surface area contributed by atoms with Crippen molar-refractivity contribution in [2.45, 2.75) is 38.7 Å². The largest absolute Gasteiger partial charge is 0.356 e. The Morgan fingerprint density at radius 1 is 1.29 bits per heavy atom. The summed E-state index contributed by atoms with van der Waals surface area (Å²) in [6, 6.07) is 4.15. The molecule has 0 spiro atoms. The van der Waals surface area contributed by atoms with Gasteiger partial charge in [-0.1, -0.05) is 18.2 Å². The van der Waals surface area contributed by atoms with E-state index in [1.807, 2.05) is 0 Å². The Morgan fingerprint density at radius 3 is 2.57 bits per heavy atom. The smallest absolute Gasteiger partial charge is 0.252 e. The SMILES string of the molecule is O=C1CC(NC(=O)c2c(CF)cccc2CF)CCCN1. The molecule has 1 aromatic rings. The van der Waals surface area contributed by atoms with Gasteiger partial charge < -0.3 is 10.6 Å². The molecule has 6 heteroatoms. The minimum atomic E-state index is -0.832. The van der Waals surface area contributed by atoms with Crippen LogP contribution in [0.4, 0.5) is 8.78 Å². The molecule has 1 unspecified atom stereocenters. The molecule has 114 valence electrons. The molecule has 2 amide bonds. The van der Waals surface area contributed by atoms with Gasteiger partial charge in [0.15, 0.2) is 0 Å². The van der Waals surface area contributed by atoms with Gasteiger partial charge in [0.1, 0.15) is 13.3 Å². The average Bonchev–Trinajstić information content (AvgIpc) is 2.70. The normalized spacial score (nSPS) is 18.8. The van der Waals surface area contributed by atoms with Crippen LogP contribution in [0.2, 0.25) is 0 Å². The standard InChI is InChI=1S/C15H18F2N2O2/c16-8-10-3-1-4-11(9-17)14(10)15(21)19-12-5-2-6-18-13(20)7-12/h1,3-4,12H,2,5-9H2,(H,18,20)(H,19,21). The van der Waals surface area contributed by atoms with Gasteiger partial charge in [-0.05, 0) is 24.0 Å². The molecule has 1 aliphatic rings. The lowest BCUT2D eigenvalue weighted by atomic mass is 10.0. The van der Waals surface area contributed by atoms with Gasteiger partial charge >= 0.3 is 0 Å². The van der Waals surface area contributed by atoms with E-state index in [0.717, 1.165) is 6.42 Å². The maximum Gasteiger partial charge on any atom is 0.252 e. The first-order valence-corrected chi connectivity index (χ1v) is 6.96. The summed E-state index contributed by atoms with van der Waals surface area (Å²) in [5.41, 5.74) is 0.383. The number of nitrogens with one attached hydrogen (secondary N) is 2. The van der Waals surface area contributed by atoms with E-state index in [1.165, 1.54) is 18.2 Å². The van der Waals surface area contributed by atoms with E-state index >= 15 is 0 Å². The van der Waals surface area contributed by atoms with Crippen LogP contribution in [0, 0.1) is 0 Å². The molecule has 1 fully saturated rings. The van der Waals surface area contributed by atoms with E-state index in [0.29, 0.717) is 13.0 Å². The first kappa shape index (κ1) is 15.4. The predicted octanol–water partition coefficient (Wildman–Crippen LogP) is 2.02. The Bertz CT molecular complexity index is 512. The second-order valence-electron chi connectivity index (χ2n) is 5.09. The number of hydrogen-bond acceptors (Lipinski definition) is 2. The number of carbonyl (C=O) groups is 2. The van der Waals surface area contributed by atoms with Crippen molar-refractivity contribution in [2.24, 2.45) is 0 Å². The molecule has 1 saturated heterocycles. The molecule has 0 aromatic heterocycles. The Labute approximate surface area is 121 Å². The van der Waals surface area contributed by atoms with Gasteiger partial charge in [-0.2, -0.15) is 0 Å². The summed E-state index contributed by atoms with van der Waals surface area (Å²) >= 11 is 0. The fourth-order valence-corrected chi connectivity index (χ4v) is 2.52. The van der Waals surface area contributed by atoms with Crippen LogP contribution in [0.1, 0.15) is 40.7 Å². The maximum absolute atomic E-state index is 13.0. The number of halogens is 2. The molecule has 4 nitrogen and oxygen atoms in total. The van der Waals surface area contributed by atoms with Gasteiger partial charge in [-0.25, -0.2) is 8.78 Å². The molecular formula is C15H18F2N2O2. The summed E-state index contributed by atoms with van der Waals surface area (Å²) in [4.78, 5) is 23.8. The van der Waals surface area contributed by atoms with Gasteiger partial charge in [0.25, 0.3) is 5.91 Å². The van der Waals surface area contributed by atoms with Gasteiger partial charge in [-0.15, -0.1) is 0 Å². The van der Waals surface area contributed by atoms with E-state index in [9.17, 15) is 18.4 Å². The lowest BCUT2D eigenvalue weighted by molar-refractivity contribution is -0.121. The van der Waals surface area contributed by atoms with E-state index in [4.69, 9.17) is 0 Å². The third-order valence-electron chi connectivity index (χ3n) is 3.57. The molecule has 0 bridgehead atoms. The van der Waals surface area contributed by atoms with E-state index in [1.54, 1.807) is 0 Å². The Morgan fingerprint density at radius 2 is 1.95 bits per heavy atom. The van der Waals surface area contributed by atoms with Gasteiger partial charge in [-0.3, -0.25) is 9.59 Å². The lowest BCUT2D eigenvalue weighted by Gasteiger charge is -2.17. The van der Waals surface area contributed by atoms with Crippen LogP contribution >= 0.6 is 0 Å². The zero-order chi connectivity index (χ0) is 15.2. The molecule has 1 heterocycles. The van der Waals surface area contributed by atoms with Crippen LogP contribution in [0.3, 0.4) is 0 Å². The molecule has 21 heavy (non-hydrogen) atoms. The summed E-state index contributed by atoms with van der Waals surface area (Å²) in [7, 11) is 0. The van der Waals surface area contributed by atoms with Crippen LogP contribution in [0.5, 0.6) is 0 Å². The number of amides is 2. The number of carbonyl (C=O) groups excluding carboxylic acids is 2. The van der Waals surface area contributed by atoms with Crippen molar-refractivity contribution < 1.29 is 18.4 Å². The first-order valence-electron chi connectivity index (χ1n) is 6.96. The minimum Gasteiger partial charge on any atom is -0.356 e. The van der Waals surface area contributed by atoms with Gasteiger partial charge in [0.2, 0.25) is 5.91 Å². The third kappa shape index (κ3) is 3.77. The monoisotopic (exact) mass is 296 g/mol. The van der Waals surface area contributed by atoms with Crippen LogP contribution in [-0.4, -0.2) is 24.4 Å². The molecule has 1 aromatic carbocycles. The highest BCUT2D eigenvalue weighted by atomic mass is 19.1. The van der Waals surface area contributed by atoms with Crippen molar-refractivity contribution in [3.8, 4) is 0 Å². The number of rotatable bonds is 4. The number of benzene rings is 1. The average molecular weight is 296 g/mol. The van der Waals surface area contributed by atoms with Crippen molar-refractivity contribution in [3.05, 3.63) is 34.9 Å². The van der Waals surface area contributed by atoms with Crippen molar-refractivity contribution in [3.63, 3.8) is 0 Å². The van der Waals surface area contributed by atoms with Crippen LogP contribution in [-0.2, 0) is 18.1 Å². The Kier molecular flexibility index (Phi) is 5.25. The highest BCUT2D eigenvalue weighted by molar-refractivity contribution is 5.97. The van der Waals surface area contributed by atoms with Gasteiger partial charge in [0.05, 0.1) is 5.56 Å². The van der Waals surface area contributed by atoms with Crippen molar-refractivity contribution in [1.29, 1.82) is 0 Å². The summed E-state index contributed by atoms with van der Waals surface area (Å²) in [5.74, 6) is -0.641. The maximum atomic E-state index is 13.0.